The lowest BCUT2D eigenvalue weighted by molar-refractivity contribution is 0.764. The molecule has 1 atom stereocenters. The van der Waals surface area contributed by atoms with Crippen LogP contribution < -0.4 is 0 Å². The maximum absolute atomic E-state index is 5.13. The fourth-order valence-corrected chi connectivity index (χ4v) is 8.38. The number of benzene rings is 7. The second-order valence-electron chi connectivity index (χ2n) is 14.4. The monoisotopic (exact) mass is 717 g/mol. The molecule has 1 aliphatic carbocycles. The zero-order valence-corrected chi connectivity index (χ0v) is 30.5. The fraction of sp³-hybridized carbons (Fsp3) is 0.0392. The molecule has 0 radical (unpaired) electrons. The summed E-state index contributed by atoms with van der Waals surface area (Å²) in [6, 6.07) is 60.6. The summed E-state index contributed by atoms with van der Waals surface area (Å²) < 4.78 is 4.73. The number of para-hydroxylation sites is 3. The molecule has 0 fully saturated rings. The van der Waals surface area contributed by atoms with Gasteiger partial charge in [-0.2, -0.15) is 0 Å². The average Bonchev–Trinajstić information content (AvgIpc) is 3.79. The van der Waals surface area contributed by atoms with Gasteiger partial charge in [0.1, 0.15) is 5.82 Å². The molecule has 5 heteroatoms. The third-order valence-corrected chi connectivity index (χ3v) is 11.1. The van der Waals surface area contributed by atoms with Crippen LogP contribution in [-0.4, -0.2) is 24.1 Å². The van der Waals surface area contributed by atoms with Gasteiger partial charge in [0.2, 0.25) is 0 Å². The predicted molar refractivity (Wildman–Crippen MR) is 230 cm³/mol. The minimum Gasteiger partial charge on any atom is -0.309 e. The summed E-state index contributed by atoms with van der Waals surface area (Å²) in [5.41, 5.74) is 11.2. The molecule has 0 saturated heterocycles. The first-order valence-corrected chi connectivity index (χ1v) is 19.1. The van der Waals surface area contributed by atoms with Crippen molar-refractivity contribution in [2.24, 2.45) is 0 Å². The number of aromatic nitrogens is 5. The molecule has 3 heterocycles. The minimum absolute atomic E-state index is 0.0922. The van der Waals surface area contributed by atoms with E-state index in [0.717, 1.165) is 51.2 Å². The summed E-state index contributed by atoms with van der Waals surface area (Å²) in [5.74, 6) is 2.24. The molecular formula is C51H35N5. The standard InChI is InChI=1S/C51H35N5/c1-5-15-34(16-6-1)49-52-50(35-17-7-2-8-18-35)54-51(53-49)38-27-30-48-44(33-38)43-32-37(26-29-47(43)56(48)40-21-11-4-12-22-40)36-25-28-46-42(31-36)41-23-13-14-24-45(41)55(46)39-19-9-3-10-20-39/h1-17,19-33,35H,18H2. The first-order chi connectivity index (χ1) is 27.8. The van der Waals surface area contributed by atoms with E-state index in [1.54, 1.807) is 0 Å². The number of rotatable bonds is 6. The summed E-state index contributed by atoms with van der Waals surface area (Å²) in [6.45, 7) is 0. The molecule has 0 amide bonds. The Kier molecular flexibility index (Phi) is 7.56. The SMILES string of the molecule is C1=CCC(c2nc(-c3ccccc3)nc(-c3ccc4c(c3)c3cc(-c5ccc6c(c5)c5ccccc5n6-c5ccccc5)ccc3n4-c3ccccc3)n2)C=C1. The van der Waals surface area contributed by atoms with Crippen molar-refractivity contribution in [2.75, 3.05) is 0 Å². The van der Waals surface area contributed by atoms with Gasteiger partial charge in [-0.15, -0.1) is 0 Å². The average molecular weight is 718 g/mol. The largest absolute Gasteiger partial charge is 0.309 e. The Morgan fingerprint density at radius 3 is 1.46 bits per heavy atom. The van der Waals surface area contributed by atoms with Crippen molar-refractivity contribution in [3.05, 3.63) is 200 Å². The molecule has 7 aromatic carbocycles. The Balaban J connectivity index is 1.11. The van der Waals surface area contributed by atoms with E-state index < -0.39 is 0 Å². The van der Waals surface area contributed by atoms with Gasteiger partial charge in [0.25, 0.3) is 0 Å². The van der Waals surface area contributed by atoms with Gasteiger partial charge >= 0.3 is 0 Å². The summed E-state index contributed by atoms with van der Waals surface area (Å²) >= 11 is 0. The van der Waals surface area contributed by atoms with Crippen molar-refractivity contribution in [1.29, 1.82) is 0 Å². The molecule has 1 unspecified atom stereocenters. The maximum atomic E-state index is 5.13. The highest BCUT2D eigenvalue weighted by Crippen LogP contribution is 2.39. The number of hydrogen-bond acceptors (Lipinski definition) is 3. The van der Waals surface area contributed by atoms with Crippen LogP contribution in [0.3, 0.4) is 0 Å². The molecular weight excluding hydrogens is 683 g/mol. The van der Waals surface area contributed by atoms with Gasteiger partial charge in [-0.25, -0.2) is 15.0 Å². The van der Waals surface area contributed by atoms with Crippen LogP contribution >= 0.6 is 0 Å². The van der Waals surface area contributed by atoms with Gasteiger partial charge < -0.3 is 9.13 Å². The summed E-state index contributed by atoms with van der Waals surface area (Å²) in [4.78, 5) is 15.2. The Morgan fingerprint density at radius 1 is 0.393 bits per heavy atom. The number of nitrogens with zero attached hydrogens (tertiary/aromatic N) is 5. The van der Waals surface area contributed by atoms with Gasteiger partial charge in [0.15, 0.2) is 11.6 Å². The molecule has 0 aliphatic heterocycles. The van der Waals surface area contributed by atoms with Crippen LogP contribution in [0.25, 0.3) is 88.9 Å². The highest BCUT2D eigenvalue weighted by molar-refractivity contribution is 6.13. The summed E-state index contributed by atoms with van der Waals surface area (Å²) in [7, 11) is 0. The number of allylic oxidation sites excluding steroid dienone is 4. The van der Waals surface area contributed by atoms with Crippen LogP contribution in [0.1, 0.15) is 18.2 Å². The molecule has 0 N–H and O–H groups in total. The van der Waals surface area contributed by atoms with Gasteiger partial charge in [0.05, 0.1) is 22.1 Å². The van der Waals surface area contributed by atoms with E-state index in [4.69, 9.17) is 15.0 Å². The van der Waals surface area contributed by atoms with Crippen molar-refractivity contribution in [3.63, 3.8) is 0 Å². The second kappa shape index (κ2) is 13.2. The highest BCUT2D eigenvalue weighted by atomic mass is 15.0. The molecule has 0 bridgehead atoms. The smallest absolute Gasteiger partial charge is 0.163 e. The van der Waals surface area contributed by atoms with Crippen LogP contribution in [0.5, 0.6) is 0 Å². The maximum Gasteiger partial charge on any atom is 0.163 e. The van der Waals surface area contributed by atoms with E-state index in [1.165, 1.54) is 38.3 Å². The molecule has 10 aromatic rings. The highest BCUT2D eigenvalue weighted by Gasteiger charge is 2.20. The van der Waals surface area contributed by atoms with E-state index >= 15 is 0 Å². The first kappa shape index (κ1) is 32.1. The molecule has 56 heavy (non-hydrogen) atoms. The second-order valence-corrected chi connectivity index (χ2v) is 14.4. The topological polar surface area (TPSA) is 48.5 Å². The summed E-state index contributed by atoms with van der Waals surface area (Å²) in [5, 5.41) is 4.80. The van der Waals surface area contributed by atoms with Crippen molar-refractivity contribution in [1.82, 2.24) is 24.1 Å². The molecule has 3 aromatic heterocycles. The Labute approximate surface area is 324 Å². The Bertz CT molecular complexity index is 3150. The fourth-order valence-electron chi connectivity index (χ4n) is 8.38. The van der Waals surface area contributed by atoms with Crippen molar-refractivity contribution >= 4 is 43.6 Å². The van der Waals surface area contributed by atoms with Crippen LogP contribution in [0.2, 0.25) is 0 Å². The molecule has 5 nitrogen and oxygen atoms in total. The van der Waals surface area contributed by atoms with Crippen molar-refractivity contribution in [2.45, 2.75) is 12.3 Å². The molecule has 0 saturated carbocycles. The summed E-state index contributed by atoms with van der Waals surface area (Å²) in [6.07, 6.45) is 9.39. The lowest BCUT2D eigenvalue weighted by Gasteiger charge is -2.14. The van der Waals surface area contributed by atoms with Crippen LogP contribution in [-0.2, 0) is 0 Å². The Morgan fingerprint density at radius 2 is 0.875 bits per heavy atom. The molecule has 0 spiro atoms. The van der Waals surface area contributed by atoms with E-state index in [2.05, 4.69) is 185 Å². The molecule has 264 valence electrons. The normalized spacial score (nSPS) is 14.0. The van der Waals surface area contributed by atoms with E-state index in [9.17, 15) is 0 Å². The predicted octanol–water partition coefficient (Wildman–Crippen LogP) is 12.7. The zero-order valence-electron chi connectivity index (χ0n) is 30.5. The first-order valence-electron chi connectivity index (χ1n) is 19.1. The van der Waals surface area contributed by atoms with Gasteiger partial charge in [-0.05, 0) is 90.3 Å². The number of hydrogen-bond donors (Lipinski definition) is 0. The third-order valence-electron chi connectivity index (χ3n) is 11.1. The quantitative estimate of drug-likeness (QED) is 0.172. The van der Waals surface area contributed by atoms with Crippen LogP contribution in [0.4, 0.5) is 0 Å². The number of fused-ring (bicyclic) bond motifs is 6. The Hall–Kier alpha value is -7.37. The lowest BCUT2D eigenvalue weighted by atomic mass is 9.99. The zero-order chi connectivity index (χ0) is 37.0. The van der Waals surface area contributed by atoms with Crippen LogP contribution in [0, 0.1) is 0 Å². The third kappa shape index (κ3) is 5.36. The molecule has 1 aliphatic rings. The van der Waals surface area contributed by atoms with Gasteiger partial charge in [-0.1, -0.05) is 121 Å². The minimum atomic E-state index is 0.0922. The van der Waals surface area contributed by atoms with Gasteiger partial charge in [-0.3, -0.25) is 0 Å². The van der Waals surface area contributed by atoms with Crippen LogP contribution in [0.15, 0.2) is 194 Å². The van der Waals surface area contributed by atoms with Crippen molar-refractivity contribution < 1.29 is 0 Å². The van der Waals surface area contributed by atoms with Gasteiger partial charge in [0, 0.05) is 50.0 Å². The van der Waals surface area contributed by atoms with E-state index in [-0.39, 0.29) is 5.92 Å². The van der Waals surface area contributed by atoms with Crippen molar-refractivity contribution in [3.8, 4) is 45.3 Å². The van der Waals surface area contributed by atoms with E-state index in [0.29, 0.717) is 11.6 Å². The lowest BCUT2D eigenvalue weighted by Crippen LogP contribution is -2.07. The van der Waals surface area contributed by atoms with E-state index in [1.807, 2.05) is 18.2 Å². The molecule has 11 rings (SSSR count).